The Morgan fingerprint density at radius 2 is 1.71 bits per heavy atom. The Morgan fingerprint density at radius 3 is 2.33 bits per heavy atom. The van der Waals surface area contributed by atoms with Crippen LogP contribution in [0.3, 0.4) is 0 Å². The van der Waals surface area contributed by atoms with E-state index < -0.39 is 0 Å². The van der Waals surface area contributed by atoms with Crippen LogP contribution in [0.5, 0.6) is 11.5 Å². The van der Waals surface area contributed by atoms with Crippen molar-refractivity contribution in [2.45, 2.75) is 6.54 Å². The second kappa shape index (κ2) is 9.08. The van der Waals surface area contributed by atoms with Crippen LogP contribution in [0.15, 0.2) is 48.5 Å². The number of nitrogens with one attached hydrogen (secondary N) is 1. The molecule has 0 aliphatic carbocycles. The summed E-state index contributed by atoms with van der Waals surface area (Å²) >= 11 is 5.36. The molecule has 1 N–H and O–H groups in total. The maximum Gasteiger partial charge on any atom is 0.169 e. The van der Waals surface area contributed by atoms with E-state index in [-0.39, 0.29) is 5.82 Å². The lowest BCUT2D eigenvalue weighted by atomic mass is 10.2. The van der Waals surface area contributed by atoms with E-state index in [1.807, 2.05) is 36.2 Å². The van der Waals surface area contributed by atoms with Crippen LogP contribution in [0, 0.1) is 5.82 Å². The van der Waals surface area contributed by atoms with Gasteiger partial charge in [-0.2, -0.15) is 0 Å². The quantitative estimate of drug-likeness (QED) is 0.777. The highest BCUT2D eigenvalue weighted by molar-refractivity contribution is 7.80. The van der Waals surface area contributed by atoms with Gasteiger partial charge in [-0.1, -0.05) is 12.1 Å². The number of hydrogen-bond donors (Lipinski definition) is 1. The summed E-state index contributed by atoms with van der Waals surface area (Å²) in [4.78, 5) is 1.91. The molecule has 0 amide bonds. The summed E-state index contributed by atoms with van der Waals surface area (Å²) in [6.07, 6.45) is 0. The number of benzene rings is 2. The van der Waals surface area contributed by atoms with E-state index in [9.17, 15) is 4.39 Å². The summed E-state index contributed by atoms with van der Waals surface area (Å²) < 4.78 is 23.5. The van der Waals surface area contributed by atoms with Crippen molar-refractivity contribution in [2.24, 2.45) is 0 Å². The average Bonchev–Trinajstić information content (AvgIpc) is 2.61. The Bertz CT molecular complexity index is 647. The number of methoxy groups -OCH3 is 1. The van der Waals surface area contributed by atoms with Crippen molar-refractivity contribution in [3.8, 4) is 11.5 Å². The van der Waals surface area contributed by atoms with Gasteiger partial charge in [-0.15, -0.1) is 0 Å². The third-order valence-electron chi connectivity index (χ3n) is 3.46. The molecule has 2 aromatic rings. The number of thiocarbonyl (C=S) groups is 1. The Kier molecular flexibility index (Phi) is 6.81. The Balaban J connectivity index is 1.70. The van der Waals surface area contributed by atoms with E-state index in [0.717, 1.165) is 11.3 Å². The minimum atomic E-state index is -0.275. The van der Waals surface area contributed by atoms with Crippen molar-refractivity contribution in [3.63, 3.8) is 0 Å². The van der Waals surface area contributed by atoms with Gasteiger partial charge in [0.15, 0.2) is 5.11 Å². The van der Waals surface area contributed by atoms with Crippen molar-refractivity contribution in [1.29, 1.82) is 0 Å². The van der Waals surface area contributed by atoms with E-state index in [1.165, 1.54) is 12.1 Å². The molecule has 0 fully saturated rings. The smallest absolute Gasteiger partial charge is 0.169 e. The molecule has 128 valence electrons. The third-order valence-corrected chi connectivity index (χ3v) is 3.91. The van der Waals surface area contributed by atoms with E-state index in [2.05, 4.69) is 5.32 Å². The minimum Gasteiger partial charge on any atom is -0.497 e. The lowest BCUT2D eigenvalue weighted by Gasteiger charge is -2.21. The third kappa shape index (κ3) is 5.70. The molecule has 0 aliphatic heterocycles. The summed E-state index contributed by atoms with van der Waals surface area (Å²) in [5.74, 6) is 1.20. The molecule has 4 nitrogen and oxygen atoms in total. The summed E-state index contributed by atoms with van der Waals surface area (Å²) in [6, 6.07) is 13.8. The van der Waals surface area contributed by atoms with Crippen LogP contribution < -0.4 is 14.8 Å². The van der Waals surface area contributed by atoms with Crippen molar-refractivity contribution < 1.29 is 13.9 Å². The largest absolute Gasteiger partial charge is 0.497 e. The summed E-state index contributed by atoms with van der Waals surface area (Å²) in [7, 11) is 3.54. The lowest BCUT2D eigenvalue weighted by Crippen LogP contribution is -2.38. The number of halogens is 1. The fourth-order valence-electron chi connectivity index (χ4n) is 1.99. The fraction of sp³-hybridized carbons (Fsp3) is 0.278. The summed E-state index contributed by atoms with van der Waals surface area (Å²) in [5, 5.41) is 3.85. The molecule has 0 aliphatic rings. The molecule has 0 unspecified atom stereocenters. The van der Waals surface area contributed by atoms with E-state index in [1.54, 1.807) is 19.2 Å². The molecular weight excluding hydrogens is 327 g/mol. The van der Waals surface area contributed by atoms with Gasteiger partial charge in [0.25, 0.3) is 0 Å². The zero-order chi connectivity index (χ0) is 17.4. The first-order valence-corrected chi connectivity index (χ1v) is 7.99. The number of likely N-dealkylation sites (N-methyl/N-ethyl adjacent to an activating group) is 1. The van der Waals surface area contributed by atoms with Crippen LogP contribution in [0.1, 0.15) is 5.56 Å². The van der Waals surface area contributed by atoms with Crippen LogP contribution in [0.25, 0.3) is 0 Å². The molecule has 0 atom stereocenters. The van der Waals surface area contributed by atoms with Gasteiger partial charge in [-0.25, -0.2) is 4.39 Å². The van der Waals surface area contributed by atoms with Gasteiger partial charge in [0.2, 0.25) is 0 Å². The number of nitrogens with zero attached hydrogens (tertiary/aromatic N) is 1. The normalized spacial score (nSPS) is 10.1. The van der Waals surface area contributed by atoms with Gasteiger partial charge < -0.3 is 19.7 Å². The van der Waals surface area contributed by atoms with Gasteiger partial charge in [0, 0.05) is 13.6 Å². The first kappa shape index (κ1) is 18.0. The van der Waals surface area contributed by atoms with Gasteiger partial charge in [0.1, 0.15) is 23.9 Å². The van der Waals surface area contributed by atoms with Gasteiger partial charge >= 0.3 is 0 Å². The van der Waals surface area contributed by atoms with Crippen LogP contribution in [0.2, 0.25) is 0 Å². The second-order valence-corrected chi connectivity index (χ2v) is 5.62. The molecule has 6 heteroatoms. The molecule has 2 rings (SSSR count). The fourth-order valence-corrected chi connectivity index (χ4v) is 2.15. The van der Waals surface area contributed by atoms with Crippen LogP contribution in [0.4, 0.5) is 4.39 Å². The second-order valence-electron chi connectivity index (χ2n) is 5.23. The molecule has 0 aromatic heterocycles. The number of hydrogen-bond acceptors (Lipinski definition) is 3. The van der Waals surface area contributed by atoms with Crippen LogP contribution >= 0.6 is 12.2 Å². The summed E-state index contributed by atoms with van der Waals surface area (Å²) in [5.41, 5.74) is 1.12. The van der Waals surface area contributed by atoms with Crippen molar-refractivity contribution in [2.75, 3.05) is 27.3 Å². The zero-order valence-electron chi connectivity index (χ0n) is 13.8. The minimum absolute atomic E-state index is 0.275. The molecule has 0 radical (unpaired) electrons. The number of ether oxygens (including phenoxy) is 2. The van der Waals surface area contributed by atoms with Crippen LogP contribution in [-0.4, -0.2) is 37.3 Å². The standard InChI is InChI=1S/C18H21FN2O2S/c1-21(11-12-23-17-9-5-15(19)6-10-17)18(24)20-13-14-3-7-16(22-2)8-4-14/h3-10H,11-13H2,1-2H3,(H,20,24). The maximum atomic E-state index is 12.8. The first-order chi connectivity index (χ1) is 11.6. The van der Waals surface area contributed by atoms with Crippen molar-refractivity contribution in [1.82, 2.24) is 10.2 Å². The van der Waals surface area contributed by atoms with E-state index in [4.69, 9.17) is 21.7 Å². The average molecular weight is 348 g/mol. The Labute approximate surface area is 147 Å². The molecular formula is C18H21FN2O2S. The highest BCUT2D eigenvalue weighted by atomic mass is 32.1. The molecule has 0 spiro atoms. The molecule has 0 heterocycles. The Hall–Kier alpha value is -2.34. The first-order valence-electron chi connectivity index (χ1n) is 7.59. The SMILES string of the molecule is COc1ccc(CNC(=S)N(C)CCOc2ccc(F)cc2)cc1. The Morgan fingerprint density at radius 1 is 1.08 bits per heavy atom. The zero-order valence-corrected chi connectivity index (χ0v) is 14.6. The number of rotatable bonds is 7. The molecule has 0 bridgehead atoms. The summed E-state index contributed by atoms with van der Waals surface area (Å²) in [6.45, 7) is 1.74. The molecule has 2 aromatic carbocycles. The highest BCUT2D eigenvalue weighted by Crippen LogP contribution is 2.12. The van der Waals surface area contributed by atoms with Gasteiger partial charge in [-0.3, -0.25) is 0 Å². The van der Waals surface area contributed by atoms with E-state index >= 15 is 0 Å². The predicted octanol–water partition coefficient (Wildman–Crippen LogP) is 3.22. The lowest BCUT2D eigenvalue weighted by molar-refractivity contribution is 0.283. The van der Waals surface area contributed by atoms with Crippen molar-refractivity contribution >= 4 is 17.3 Å². The van der Waals surface area contributed by atoms with Crippen LogP contribution in [-0.2, 0) is 6.54 Å². The molecule has 24 heavy (non-hydrogen) atoms. The maximum absolute atomic E-state index is 12.8. The van der Waals surface area contributed by atoms with Gasteiger partial charge in [0.05, 0.1) is 13.7 Å². The van der Waals surface area contributed by atoms with Crippen molar-refractivity contribution in [3.05, 3.63) is 59.9 Å². The molecule has 0 saturated carbocycles. The topological polar surface area (TPSA) is 33.7 Å². The van der Waals surface area contributed by atoms with E-state index in [0.29, 0.717) is 30.6 Å². The highest BCUT2D eigenvalue weighted by Gasteiger charge is 2.05. The predicted molar refractivity (Wildman–Crippen MR) is 97.0 cm³/mol. The monoisotopic (exact) mass is 348 g/mol. The van der Waals surface area contributed by atoms with Gasteiger partial charge in [-0.05, 0) is 54.2 Å². The molecule has 0 saturated heterocycles.